The number of rotatable bonds is 6. The zero-order chi connectivity index (χ0) is 16.0. The molecule has 116 valence electrons. The summed E-state index contributed by atoms with van der Waals surface area (Å²) in [5.41, 5.74) is 1.67. The van der Waals surface area contributed by atoms with E-state index < -0.39 is 17.9 Å². The molecule has 1 heterocycles. The number of urea groups is 1. The van der Waals surface area contributed by atoms with Gasteiger partial charge in [-0.25, -0.2) is 4.79 Å². The predicted octanol–water partition coefficient (Wildman–Crippen LogP) is 0.555. The van der Waals surface area contributed by atoms with Gasteiger partial charge < -0.3 is 10.4 Å². The van der Waals surface area contributed by atoms with Crippen molar-refractivity contribution in [2.45, 2.75) is 33.2 Å². The molecule has 8 nitrogen and oxygen atoms in total. The van der Waals surface area contributed by atoms with Crippen molar-refractivity contribution in [3.8, 4) is 0 Å². The molecule has 0 saturated heterocycles. The molecule has 0 radical (unpaired) electrons. The van der Waals surface area contributed by atoms with E-state index >= 15 is 0 Å². The van der Waals surface area contributed by atoms with E-state index in [1.807, 2.05) is 6.92 Å². The summed E-state index contributed by atoms with van der Waals surface area (Å²) in [6, 6.07) is -0.606. The number of carboxylic acid groups (broad SMARTS) is 1. The largest absolute Gasteiger partial charge is 0.481 e. The molecular formula is C13H20N4O4. The maximum atomic E-state index is 11.6. The number of nitrogens with zero attached hydrogens (tertiary/aromatic N) is 2. The summed E-state index contributed by atoms with van der Waals surface area (Å²) in [6.45, 7) is 3.74. The third-order valence-electron chi connectivity index (χ3n) is 2.86. The van der Waals surface area contributed by atoms with E-state index in [1.54, 1.807) is 24.9 Å². The Morgan fingerprint density at radius 1 is 1.38 bits per heavy atom. The fraction of sp³-hybridized carbons (Fsp3) is 0.538. The van der Waals surface area contributed by atoms with Gasteiger partial charge in [-0.1, -0.05) is 6.92 Å². The molecule has 0 spiro atoms. The third kappa shape index (κ3) is 6.07. The van der Waals surface area contributed by atoms with E-state index in [9.17, 15) is 14.4 Å². The standard InChI is InChI=1S/C13H20N4O4/c1-8(5-12(19)20)4-11(18)15-13(21)14-6-10-7-17(3)16-9(10)2/h7-8H,4-6H2,1-3H3,(H,19,20)(H2,14,15,18,21). The molecule has 0 aliphatic carbocycles. The van der Waals surface area contributed by atoms with Gasteiger partial charge >= 0.3 is 12.0 Å². The van der Waals surface area contributed by atoms with Crippen molar-refractivity contribution in [2.24, 2.45) is 13.0 Å². The number of carboxylic acids is 1. The first-order valence-electron chi connectivity index (χ1n) is 6.56. The fourth-order valence-electron chi connectivity index (χ4n) is 1.91. The van der Waals surface area contributed by atoms with Crippen LogP contribution in [0, 0.1) is 12.8 Å². The van der Waals surface area contributed by atoms with Gasteiger partial charge in [0.1, 0.15) is 0 Å². The molecule has 0 aliphatic rings. The molecule has 3 amide bonds. The van der Waals surface area contributed by atoms with Crippen LogP contribution in [0.5, 0.6) is 0 Å². The molecular weight excluding hydrogens is 276 g/mol. The molecule has 1 unspecified atom stereocenters. The first-order chi connectivity index (χ1) is 9.77. The molecule has 0 aliphatic heterocycles. The van der Waals surface area contributed by atoms with Crippen LogP contribution in [-0.4, -0.2) is 32.8 Å². The van der Waals surface area contributed by atoms with Crippen LogP contribution < -0.4 is 10.6 Å². The van der Waals surface area contributed by atoms with E-state index in [4.69, 9.17) is 5.11 Å². The maximum Gasteiger partial charge on any atom is 0.321 e. The zero-order valence-corrected chi connectivity index (χ0v) is 12.3. The maximum absolute atomic E-state index is 11.6. The number of hydrogen-bond acceptors (Lipinski definition) is 4. The summed E-state index contributed by atoms with van der Waals surface area (Å²) < 4.78 is 1.64. The molecule has 1 aromatic rings. The number of nitrogens with one attached hydrogen (secondary N) is 2. The van der Waals surface area contributed by atoms with E-state index in [0.717, 1.165) is 11.3 Å². The minimum absolute atomic E-state index is 0.00829. The quantitative estimate of drug-likeness (QED) is 0.709. The van der Waals surface area contributed by atoms with Gasteiger partial charge in [0.15, 0.2) is 0 Å². The van der Waals surface area contributed by atoms with Crippen LogP contribution in [0.25, 0.3) is 0 Å². The molecule has 0 aromatic carbocycles. The molecule has 21 heavy (non-hydrogen) atoms. The highest BCUT2D eigenvalue weighted by Crippen LogP contribution is 2.07. The molecule has 0 fully saturated rings. The summed E-state index contributed by atoms with van der Waals surface area (Å²) >= 11 is 0. The van der Waals surface area contributed by atoms with Gasteiger partial charge in [0.2, 0.25) is 5.91 Å². The molecule has 1 aromatic heterocycles. The lowest BCUT2D eigenvalue weighted by Crippen LogP contribution is -2.39. The van der Waals surface area contributed by atoms with Crippen molar-refractivity contribution < 1.29 is 19.5 Å². The number of aryl methyl sites for hydroxylation is 2. The summed E-state index contributed by atoms with van der Waals surface area (Å²) in [6.07, 6.45) is 1.67. The highest BCUT2D eigenvalue weighted by atomic mass is 16.4. The van der Waals surface area contributed by atoms with Crippen molar-refractivity contribution in [2.75, 3.05) is 0 Å². The number of amides is 3. The van der Waals surface area contributed by atoms with Gasteiger partial charge in [-0.05, 0) is 12.8 Å². The Morgan fingerprint density at radius 2 is 2.05 bits per heavy atom. The van der Waals surface area contributed by atoms with Crippen LogP contribution in [0.15, 0.2) is 6.20 Å². The summed E-state index contributed by atoms with van der Waals surface area (Å²) in [5.74, 6) is -1.79. The summed E-state index contributed by atoms with van der Waals surface area (Å²) in [4.78, 5) is 33.6. The number of carbonyl (C=O) groups excluding carboxylic acids is 2. The van der Waals surface area contributed by atoms with E-state index in [0.29, 0.717) is 0 Å². The predicted molar refractivity (Wildman–Crippen MR) is 74.4 cm³/mol. The Kier molecular flexibility index (Phi) is 5.89. The Bertz CT molecular complexity index is 538. The number of aliphatic carboxylic acids is 1. The van der Waals surface area contributed by atoms with E-state index in [1.165, 1.54) is 0 Å². The number of imide groups is 1. The van der Waals surface area contributed by atoms with Gasteiger partial charge in [0, 0.05) is 38.2 Å². The van der Waals surface area contributed by atoms with Gasteiger partial charge in [0.05, 0.1) is 5.69 Å². The van der Waals surface area contributed by atoms with Gasteiger partial charge in [0.25, 0.3) is 0 Å². The second kappa shape index (κ2) is 7.41. The third-order valence-corrected chi connectivity index (χ3v) is 2.86. The topological polar surface area (TPSA) is 113 Å². The SMILES string of the molecule is Cc1nn(C)cc1CNC(=O)NC(=O)CC(C)CC(=O)O. The zero-order valence-electron chi connectivity index (χ0n) is 12.3. The smallest absolute Gasteiger partial charge is 0.321 e. The van der Waals surface area contributed by atoms with Gasteiger partial charge in [-0.2, -0.15) is 5.10 Å². The Labute approximate surface area is 122 Å². The molecule has 1 rings (SSSR count). The summed E-state index contributed by atoms with van der Waals surface area (Å²) in [5, 5.41) is 17.5. The molecule has 3 N–H and O–H groups in total. The Balaban J connectivity index is 2.34. The van der Waals surface area contributed by atoms with Crippen LogP contribution in [0.3, 0.4) is 0 Å². The van der Waals surface area contributed by atoms with Crippen molar-refractivity contribution in [1.29, 1.82) is 0 Å². The minimum atomic E-state index is -0.966. The van der Waals surface area contributed by atoms with Gasteiger partial charge in [-0.3, -0.25) is 19.6 Å². The van der Waals surface area contributed by atoms with Crippen molar-refractivity contribution in [3.05, 3.63) is 17.5 Å². The fourth-order valence-corrected chi connectivity index (χ4v) is 1.91. The average molecular weight is 296 g/mol. The van der Waals surface area contributed by atoms with Crippen LogP contribution in [0.1, 0.15) is 31.0 Å². The van der Waals surface area contributed by atoms with E-state index in [2.05, 4.69) is 15.7 Å². The second-order valence-corrected chi connectivity index (χ2v) is 5.05. The lowest BCUT2D eigenvalue weighted by molar-refractivity contribution is -0.138. The molecule has 0 saturated carbocycles. The van der Waals surface area contributed by atoms with Crippen LogP contribution in [0.4, 0.5) is 4.79 Å². The highest BCUT2D eigenvalue weighted by molar-refractivity contribution is 5.94. The second-order valence-electron chi connectivity index (χ2n) is 5.05. The molecule has 1 atom stereocenters. The normalized spacial score (nSPS) is 11.8. The minimum Gasteiger partial charge on any atom is -0.481 e. The number of aromatic nitrogens is 2. The number of hydrogen-bond donors (Lipinski definition) is 3. The average Bonchev–Trinajstić information content (AvgIpc) is 2.63. The monoisotopic (exact) mass is 296 g/mol. The van der Waals surface area contributed by atoms with Crippen molar-refractivity contribution >= 4 is 17.9 Å². The van der Waals surface area contributed by atoms with E-state index in [-0.39, 0.29) is 25.3 Å². The molecule has 0 bridgehead atoms. The lowest BCUT2D eigenvalue weighted by atomic mass is 10.0. The Hall–Kier alpha value is -2.38. The van der Waals surface area contributed by atoms with Crippen LogP contribution in [0.2, 0.25) is 0 Å². The van der Waals surface area contributed by atoms with Crippen LogP contribution >= 0.6 is 0 Å². The highest BCUT2D eigenvalue weighted by Gasteiger charge is 2.15. The molecule has 8 heteroatoms. The van der Waals surface area contributed by atoms with Crippen molar-refractivity contribution in [1.82, 2.24) is 20.4 Å². The van der Waals surface area contributed by atoms with Gasteiger partial charge in [-0.15, -0.1) is 0 Å². The Morgan fingerprint density at radius 3 is 2.57 bits per heavy atom. The van der Waals surface area contributed by atoms with Crippen molar-refractivity contribution in [3.63, 3.8) is 0 Å². The number of carbonyl (C=O) groups is 3. The first kappa shape index (κ1) is 16.7. The lowest BCUT2D eigenvalue weighted by Gasteiger charge is -2.09. The van der Waals surface area contributed by atoms with Crippen LogP contribution in [-0.2, 0) is 23.2 Å². The summed E-state index contributed by atoms with van der Waals surface area (Å²) in [7, 11) is 1.78. The first-order valence-corrected chi connectivity index (χ1v) is 6.56.